The molecule has 5 heteroatoms. The van der Waals surface area contributed by atoms with Crippen LogP contribution in [0.2, 0.25) is 0 Å². The average Bonchev–Trinajstić information content (AvgIpc) is 3.10. The fraction of sp³-hybridized carbons (Fsp3) is 0.538. The zero-order valence-corrected chi connectivity index (χ0v) is 11.3. The van der Waals surface area contributed by atoms with Crippen LogP contribution >= 0.6 is 0 Å². The quantitative estimate of drug-likeness (QED) is 0.821. The van der Waals surface area contributed by atoms with Crippen molar-refractivity contribution < 1.29 is 13.5 Å². The van der Waals surface area contributed by atoms with Gasteiger partial charge in [0.2, 0.25) is 10.0 Å². The predicted octanol–water partition coefficient (Wildman–Crippen LogP) is 1.44. The van der Waals surface area contributed by atoms with E-state index in [1.54, 1.807) is 12.1 Å². The molecule has 0 bridgehead atoms. The minimum atomic E-state index is -3.51. The van der Waals surface area contributed by atoms with Crippen molar-refractivity contribution in [1.29, 1.82) is 0 Å². The number of aliphatic hydroxyl groups excluding tert-OH is 1. The molecule has 1 fully saturated rings. The van der Waals surface area contributed by atoms with Crippen LogP contribution in [0.5, 0.6) is 0 Å². The molecule has 4 nitrogen and oxygen atoms in total. The lowest BCUT2D eigenvalue weighted by atomic mass is 10.1. The second kappa shape index (κ2) is 4.99. The van der Waals surface area contributed by atoms with E-state index in [1.807, 2.05) is 12.1 Å². The molecule has 0 amide bonds. The number of aryl methyl sites for hydroxylation is 1. The molecule has 18 heavy (non-hydrogen) atoms. The number of rotatable bonds is 6. The summed E-state index contributed by atoms with van der Waals surface area (Å²) < 4.78 is 26.8. The van der Waals surface area contributed by atoms with Crippen molar-refractivity contribution >= 4 is 10.0 Å². The Morgan fingerprint density at radius 3 is 2.33 bits per heavy atom. The smallest absolute Gasteiger partial charge is 0.241 e. The van der Waals surface area contributed by atoms with Crippen LogP contribution in [0.25, 0.3) is 0 Å². The van der Waals surface area contributed by atoms with Gasteiger partial charge in [-0.2, -0.15) is 0 Å². The summed E-state index contributed by atoms with van der Waals surface area (Å²) in [6.07, 6.45) is 3.40. The molecular weight excluding hydrogens is 250 g/mol. The molecule has 2 rings (SSSR count). The number of hydrogen-bond donors (Lipinski definition) is 2. The molecule has 1 aliphatic rings. The van der Waals surface area contributed by atoms with Gasteiger partial charge in [0.25, 0.3) is 0 Å². The van der Waals surface area contributed by atoms with Gasteiger partial charge in [-0.15, -0.1) is 0 Å². The minimum Gasteiger partial charge on any atom is -0.394 e. The van der Waals surface area contributed by atoms with E-state index in [-0.39, 0.29) is 11.5 Å². The maximum atomic E-state index is 12.1. The highest BCUT2D eigenvalue weighted by Gasteiger charge is 2.45. The fourth-order valence-corrected chi connectivity index (χ4v) is 3.36. The molecule has 0 unspecified atom stereocenters. The average molecular weight is 269 g/mol. The maximum absolute atomic E-state index is 12.1. The van der Waals surface area contributed by atoms with Crippen LogP contribution in [0.1, 0.15) is 31.7 Å². The molecule has 1 aliphatic carbocycles. The van der Waals surface area contributed by atoms with E-state index in [2.05, 4.69) is 11.6 Å². The van der Waals surface area contributed by atoms with Crippen LogP contribution in [-0.4, -0.2) is 25.7 Å². The Kier molecular flexibility index (Phi) is 3.75. The molecule has 0 atom stereocenters. The minimum absolute atomic E-state index is 0.139. The number of nitrogens with one attached hydrogen (secondary N) is 1. The van der Waals surface area contributed by atoms with Gasteiger partial charge in [0.05, 0.1) is 17.0 Å². The van der Waals surface area contributed by atoms with Gasteiger partial charge < -0.3 is 5.11 Å². The molecule has 1 aromatic rings. The van der Waals surface area contributed by atoms with Crippen molar-refractivity contribution in [3.63, 3.8) is 0 Å². The molecule has 2 N–H and O–H groups in total. The van der Waals surface area contributed by atoms with Crippen LogP contribution in [0.3, 0.4) is 0 Å². The van der Waals surface area contributed by atoms with E-state index in [0.717, 1.165) is 18.4 Å². The monoisotopic (exact) mass is 269 g/mol. The van der Waals surface area contributed by atoms with Crippen LogP contribution < -0.4 is 4.72 Å². The van der Waals surface area contributed by atoms with E-state index in [9.17, 15) is 8.42 Å². The van der Waals surface area contributed by atoms with Crippen molar-refractivity contribution in [2.75, 3.05) is 6.61 Å². The molecule has 0 radical (unpaired) electrons. The van der Waals surface area contributed by atoms with Crippen molar-refractivity contribution in [3.8, 4) is 0 Å². The number of hydrogen-bond acceptors (Lipinski definition) is 3. The molecule has 1 saturated carbocycles. The summed E-state index contributed by atoms with van der Waals surface area (Å²) in [5.41, 5.74) is 0.528. The van der Waals surface area contributed by atoms with Gasteiger partial charge in [-0.05, 0) is 37.0 Å². The van der Waals surface area contributed by atoms with Crippen molar-refractivity contribution in [2.24, 2.45) is 0 Å². The Hall–Kier alpha value is -0.910. The maximum Gasteiger partial charge on any atom is 0.241 e. The first-order chi connectivity index (χ1) is 8.51. The van der Waals surface area contributed by atoms with E-state index < -0.39 is 15.6 Å². The highest BCUT2D eigenvalue weighted by Crippen LogP contribution is 2.36. The molecule has 100 valence electrons. The summed E-state index contributed by atoms with van der Waals surface area (Å²) in [4.78, 5) is 0.266. The summed E-state index contributed by atoms with van der Waals surface area (Å²) >= 11 is 0. The zero-order chi connectivity index (χ0) is 13.2. The van der Waals surface area contributed by atoms with Gasteiger partial charge in [-0.1, -0.05) is 25.5 Å². The molecule has 0 aliphatic heterocycles. The summed E-state index contributed by atoms with van der Waals surface area (Å²) in [5, 5.41) is 9.15. The molecule has 1 aromatic carbocycles. The van der Waals surface area contributed by atoms with Gasteiger partial charge in [0.15, 0.2) is 0 Å². The third-order valence-corrected chi connectivity index (χ3v) is 4.87. The highest BCUT2D eigenvalue weighted by molar-refractivity contribution is 7.89. The lowest BCUT2D eigenvalue weighted by Gasteiger charge is -2.14. The largest absolute Gasteiger partial charge is 0.394 e. The third kappa shape index (κ3) is 2.91. The zero-order valence-electron chi connectivity index (χ0n) is 10.5. The van der Waals surface area contributed by atoms with Crippen molar-refractivity contribution in [2.45, 2.75) is 43.0 Å². The van der Waals surface area contributed by atoms with E-state index in [4.69, 9.17) is 5.11 Å². The second-order valence-electron chi connectivity index (χ2n) is 4.94. The Labute approximate surface area is 108 Å². The summed E-state index contributed by atoms with van der Waals surface area (Å²) in [6, 6.07) is 6.94. The van der Waals surface area contributed by atoms with Crippen molar-refractivity contribution in [3.05, 3.63) is 29.8 Å². The van der Waals surface area contributed by atoms with Crippen LogP contribution in [0.15, 0.2) is 29.2 Å². The molecule has 0 heterocycles. The third-order valence-electron chi connectivity index (χ3n) is 3.28. The lowest BCUT2D eigenvalue weighted by Crippen LogP contribution is -2.39. The molecule has 0 aromatic heterocycles. The van der Waals surface area contributed by atoms with E-state index >= 15 is 0 Å². The van der Waals surface area contributed by atoms with Crippen molar-refractivity contribution in [1.82, 2.24) is 4.72 Å². The van der Waals surface area contributed by atoms with E-state index in [0.29, 0.717) is 12.8 Å². The van der Waals surface area contributed by atoms with Crippen LogP contribution in [0.4, 0.5) is 0 Å². The number of aliphatic hydroxyl groups is 1. The first-order valence-electron chi connectivity index (χ1n) is 6.25. The molecule has 0 saturated heterocycles. The van der Waals surface area contributed by atoms with E-state index in [1.165, 1.54) is 0 Å². The number of benzene rings is 1. The van der Waals surface area contributed by atoms with Gasteiger partial charge in [-0.3, -0.25) is 0 Å². The second-order valence-corrected chi connectivity index (χ2v) is 6.62. The van der Waals surface area contributed by atoms with Gasteiger partial charge >= 0.3 is 0 Å². The number of sulfonamides is 1. The SMILES string of the molecule is CCCc1ccc(S(=O)(=O)NC2(CO)CC2)cc1. The summed E-state index contributed by atoms with van der Waals surface area (Å²) in [7, 11) is -3.51. The Balaban J connectivity index is 2.14. The lowest BCUT2D eigenvalue weighted by molar-refractivity contribution is 0.246. The van der Waals surface area contributed by atoms with Crippen LogP contribution in [-0.2, 0) is 16.4 Å². The Morgan fingerprint density at radius 2 is 1.89 bits per heavy atom. The molecular formula is C13H19NO3S. The van der Waals surface area contributed by atoms with Gasteiger partial charge in [0.1, 0.15) is 0 Å². The Bertz CT molecular complexity index is 504. The van der Waals surface area contributed by atoms with Gasteiger partial charge in [0, 0.05) is 0 Å². The van der Waals surface area contributed by atoms with Gasteiger partial charge in [-0.25, -0.2) is 13.1 Å². The summed E-state index contributed by atoms with van der Waals surface area (Å²) in [5.74, 6) is 0. The summed E-state index contributed by atoms with van der Waals surface area (Å²) in [6.45, 7) is 1.95. The predicted molar refractivity (Wildman–Crippen MR) is 69.8 cm³/mol. The normalized spacial score (nSPS) is 17.7. The fourth-order valence-electron chi connectivity index (χ4n) is 1.91. The first-order valence-corrected chi connectivity index (χ1v) is 7.73. The Morgan fingerprint density at radius 1 is 1.28 bits per heavy atom. The van der Waals surface area contributed by atoms with Crippen LogP contribution in [0, 0.1) is 0 Å². The topological polar surface area (TPSA) is 66.4 Å². The standard InChI is InChI=1S/C13H19NO3S/c1-2-3-11-4-6-12(7-5-11)18(16,17)14-13(10-15)8-9-13/h4-7,14-15H,2-3,8-10H2,1H3. The molecule has 0 spiro atoms. The first kappa shape index (κ1) is 13.5. The highest BCUT2D eigenvalue weighted by atomic mass is 32.2.